The zero-order valence-electron chi connectivity index (χ0n) is 27.2. The first-order chi connectivity index (χ1) is 23.3. The van der Waals surface area contributed by atoms with Gasteiger partial charge < -0.3 is 20.4 Å². The van der Waals surface area contributed by atoms with Crippen LogP contribution in [0.3, 0.4) is 0 Å². The van der Waals surface area contributed by atoms with Crippen LogP contribution in [0.5, 0.6) is 23.0 Å². The first-order valence-corrected chi connectivity index (χ1v) is 16.7. The Balaban J connectivity index is 1.51. The molecule has 6 aromatic rings. The highest BCUT2D eigenvalue weighted by molar-refractivity contribution is 5.55. The zero-order chi connectivity index (χ0) is 33.4. The molecule has 6 aromatic carbocycles. The predicted molar refractivity (Wildman–Crippen MR) is 191 cm³/mol. The summed E-state index contributed by atoms with van der Waals surface area (Å²) in [5.74, 6) is 0.0327. The van der Waals surface area contributed by atoms with Gasteiger partial charge in [0.15, 0.2) is 0 Å². The fourth-order valence-corrected chi connectivity index (χ4v) is 7.39. The lowest BCUT2D eigenvalue weighted by atomic mass is 9.78. The first kappa shape index (κ1) is 31.1. The smallest absolute Gasteiger partial charge is 0.119 e. The van der Waals surface area contributed by atoms with Crippen LogP contribution in [0.2, 0.25) is 0 Å². The van der Waals surface area contributed by atoms with Gasteiger partial charge in [-0.25, -0.2) is 0 Å². The van der Waals surface area contributed by atoms with Crippen LogP contribution in [0.1, 0.15) is 93.2 Å². The van der Waals surface area contributed by atoms with E-state index in [4.69, 9.17) is 0 Å². The van der Waals surface area contributed by atoms with Gasteiger partial charge in [-0.3, -0.25) is 0 Å². The second-order valence-electron chi connectivity index (χ2n) is 13.2. The summed E-state index contributed by atoms with van der Waals surface area (Å²) in [5, 5.41) is 45.3. The Kier molecular flexibility index (Phi) is 8.41. The molecule has 4 atom stereocenters. The molecule has 0 radical (unpaired) electrons. The van der Waals surface area contributed by atoms with Gasteiger partial charge in [-0.1, -0.05) is 123 Å². The van der Waals surface area contributed by atoms with E-state index in [1.54, 1.807) is 24.3 Å². The van der Waals surface area contributed by atoms with Crippen LogP contribution in [0.4, 0.5) is 0 Å². The molecule has 0 fully saturated rings. The van der Waals surface area contributed by atoms with E-state index >= 15 is 0 Å². The standard InChI is InChI=1S/C44H40O4/c1-27-31-13-17-41(45)35(23-31)28(2)32-14-18-43(47)39(24-32)38(22-30-11-7-4-8-12-30)34-16-20-44(48)40(26-34)37(21-29-9-5-3-6-10-29)33-15-19-42(46)36(27)25-33/h3-20,23-28,37-38,45-48H,21-22H2,1-2H3. The molecule has 1 aliphatic rings. The second kappa shape index (κ2) is 13.0. The third kappa shape index (κ3) is 6.02. The lowest BCUT2D eigenvalue weighted by molar-refractivity contribution is 0.460. The first-order valence-electron chi connectivity index (χ1n) is 16.7. The summed E-state index contributed by atoms with van der Waals surface area (Å²) < 4.78 is 0. The topological polar surface area (TPSA) is 80.9 Å². The second-order valence-corrected chi connectivity index (χ2v) is 13.2. The van der Waals surface area contributed by atoms with E-state index in [2.05, 4.69) is 56.3 Å². The molecule has 4 nitrogen and oxygen atoms in total. The molecule has 7 rings (SSSR count). The average molecular weight is 633 g/mol. The highest BCUT2D eigenvalue weighted by Crippen LogP contribution is 2.44. The largest absolute Gasteiger partial charge is 0.508 e. The molecule has 0 aromatic heterocycles. The van der Waals surface area contributed by atoms with Crippen molar-refractivity contribution in [1.82, 2.24) is 0 Å². The number of aromatic hydroxyl groups is 4. The Morgan fingerprint density at radius 1 is 0.375 bits per heavy atom. The number of phenols is 4. The van der Waals surface area contributed by atoms with Crippen molar-refractivity contribution < 1.29 is 20.4 Å². The number of benzene rings is 6. The van der Waals surface area contributed by atoms with Gasteiger partial charge in [-0.15, -0.1) is 0 Å². The predicted octanol–water partition coefficient (Wildman–Crippen LogP) is 9.88. The zero-order valence-corrected chi connectivity index (χ0v) is 27.2. The van der Waals surface area contributed by atoms with Crippen molar-refractivity contribution in [2.45, 2.75) is 50.4 Å². The van der Waals surface area contributed by atoms with Crippen LogP contribution in [0, 0.1) is 0 Å². The van der Waals surface area contributed by atoms with Gasteiger partial charge in [0.2, 0.25) is 0 Å². The minimum atomic E-state index is -0.223. The maximum atomic E-state index is 11.5. The van der Waals surface area contributed by atoms with Gasteiger partial charge in [0.25, 0.3) is 0 Å². The Labute approximate surface area is 282 Å². The molecule has 1 aliphatic carbocycles. The molecule has 4 N–H and O–H groups in total. The van der Waals surface area contributed by atoms with E-state index in [1.165, 1.54) is 0 Å². The summed E-state index contributed by atoms with van der Waals surface area (Å²) >= 11 is 0. The van der Waals surface area contributed by atoms with Crippen molar-refractivity contribution in [3.05, 3.63) is 189 Å². The Morgan fingerprint density at radius 3 is 1.10 bits per heavy atom. The van der Waals surface area contributed by atoms with Crippen LogP contribution in [0.25, 0.3) is 0 Å². The summed E-state index contributed by atoms with van der Waals surface area (Å²) in [7, 11) is 0. The van der Waals surface area contributed by atoms with Crippen molar-refractivity contribution in [1.29, 1.82) is 0 Å². The van der Waals surface area contributed by atoms with Crippen LogP contribution >= 0.6 is 0 Å². The molecule has 4 unspecified atom stereocenters. The van der Waals surface area contributed by atoms with E-state index in [-0.39, 0.29) is 46.7 Å². The maximum absolute atomic E-state index is 11.5. The van der Waals surface area contributed by atoms with Crippen molar-refractivity contribution in [2.24, 2.45) is 0 Å². The lowest BCUT2D eigenvalue weighted by Gasteiger charge is -2.26. The van der Waals surface area contributed by atoms with Gasteiger partial charge in [0, 0.05) is 45.9 Å². The molecule has 0 aliphatic heterocycles. The monoisotopic (exact) mass is 632 g/mol. The summed E-state index contributed by atoms with van der Waals surface area (Å²) in [4.78, 5) is 0. The van der Waals surface area contributed by atoms with Crippen molar-refractivity contribution in [3.63, 3.8) is 0 Å². The number of fused-ring (bicyclic) bond motifs is 8. The Morgan fingerprint density at radius 2 is 0.688 bits per heavy atom. The number of hydrogen-bond donors (Lipinski definition) is 4. The molecule has 0 heterocycles. The Hall–Kier alpha value is -5.48. The fourth-order valence-electron chi connectivity index (χ4n) is 7.39. The van der Waals surface area contributed by atoms with Crippen molar-refractivity contribution in [2.75, 3.05) is 0 Å². The van der Waals surface area contributed by atoms with Gasteiger partial charge in [-0.2, -0.15) is 0 Å². The molecule has 0 spiro atoms. The summed E-state index contributed by atoms with van der Waals surface area (Å²) in [5.41, 5.74) is 9.32. The molecule has 0 saturated heterocycles. The van der Waals surface area contributed by atoms with Gasteiger partial charge >= 0.3 is 0 Å². The third-order valence-electron chi connectivity index (χ3n) is 10.3. The van der Waals surface area contributed by atoms with E-state index < -0.39 is 0 Å². The molecule has 4 heteroatoms. The van der Waals surface area contributed by atoms with E-state index in [0.717, 1.165) is 55.6 Å². The minimum Gasteiger partial charge on any atom is -0.508 e. The highest BCUT2D eigenvalue weighted by atomic mass is 16.3. The van der Waals surface area contributed by atoms with Crippen molar-refractivity contribution in [3.8, 4) is 23.0 Å². The number of phenolic OH excluding ortho intramolecular Hbond substituents is 4. The van der Waals surface area contributed by atoms with Crippen LogP contribution in [0.15, 0.2) is 133 Å². The van der Waals surface area contributed by atoms with Crippen LogP contribution in [-0.2, 0) is 12.8 Å². The highest BCUT2D eigenvalue weighted by Gasteiger charge is 2.27. The normalized spacial score (nSPS) is 18.7. The number of hydrogen-bond acceptors (Lipinski definition) is 4. The molecule has 8 bridgehead atoms. The SMILES string of the molecule is CC1c2ccc(O)c(c2)C(Cc2ccccc2)c2ccc(O)c(c2)C(Cc2ccccc2)c2ccc(O)c(c2)C(C)c2ccc(O)c1c2. The number of rotatable bonds is 4. The van der Waals surface area contributed by atoms with Crippen LogP contribution in [-0.4, -0.2) is 20.4 Å². The van der Waals surface area contributed by atoms with Crippen molar-refractivity contribution >= 4 is 0 Å². The minimum absolute atomic E-state index is 0.174. The van der Waals surface area contributed by atoms with Crippen LogP contribution < -0.4 is 0 Å². The lowest BCUT2D eigenvalue weighted by Crippen LogP contribution is -2.11. The molecular formula is C44H40O4. The summed E-state index contributed by atoms with van der Waals surface area (Å²) in [6, 6.07) is 43.6. The van der Waals surface area contributed by atoms with Gasteiger partial charge in [0.05, 0.1) is 0 Å². The fraction of sp³-hybridized carbons (Fsp3) is 0.182. The summed E-state index contributed by atoms with van der Waals surface area (Å²) in [6.45, 7) is 4.14. The van der Waals surface area contributed by atoms with Gasteiger partial charge in [0.1, 0.15) is 23.0 Å². The average Bonchev–Trinajstić information content (AvgIpc) is 3.11. The maximum Gasteiger partial charge on any atom is 0.119 e. The van der Waals surface area contributed by atoms with E-state index in [0.29, 0.717) is 12.8 Å². The quantitative estimate of drug-likeness (QED) is 0.156. The van der Waals surface area contributed by atoms with E-state index in [9.17, 15) is 20.4 Å². The summed E-state index contributed by atoms with van der Waals surface area (Å²) in [6.07, 6.45) is 1.28. The molecule has 0 amide bonds. The Bertz CT molecular complexity index is 2030. The van der Waals surface area contributed by atoms with E-state index in [1.807, 2.05) is 66.7 Å². The van der Waals surface area contributed by atoms with Gasteiger partial charge in [-0.05, 0) is 70.5 Å². The molecular weight excluding hydrogens is 592 g/mol. The third-order valence-corrected chi connectivity index (χ3v) is 10.3. The molecule has 240 valence electrons. The molecule has 0 saturated carbocycles. The molecule has 48 heavy (non-hydrogen) atoms.